The molecule has 1 aliphatic carbocycles. The zero-order valence-electron chi connectivity index (χ0n) is 12.8. The number of carboxylic acids is 1. The molecule has 1 aromatic carbocycles. The first-order chi connectivity index (χ1) is 11.5. The van der Waals surface area contributed by atoms with Crippen molar-refractivity contribution < 1.29 is 14.7 Å². The van der Waals surface area contributed by atoms with Gasteiger partial charge in [-0.2, -0.15) is 0 Å². The average Bonchev–Trinajstić information content (AvgIpc) is 3.04. The summed E-state index contributed by atoms with van der Waals surface area (Å²) >= 11 is 7.18. The van der Waals surface area contributed by atoms with Crippen LogP contribution >= 0.6 is 22.9 Å². The van der Waals surface area contributed by atoms with Gasteiger partial charge in [-0.05, 0) is 25.0 Å². The minimum absolute atomic E-state index is 0.291. The Hall–Kier alpha value is -1.92. The number of thiazole rings is 1. The van der Waals surface area contributed by atoms with Gasteiger partial charge < -0.3 is 15.2 Å². The molecule has 2 atom stereocenters. The van der Waals surface area contributed by atoms with Gasteiger partial charge in [0.15, 0.2) is 5.13 Å². The number of nitrogens with one attached hydrogen (secondary N) is 1. The summed E-state index contributed by atoms with van der Waals surface area (Å²) in [6, 6.07) is 7.27. The number of hydrogen-bond donors (Lipinski definition) is 1. The van der Waals surface area contributed by atoms with Crippen molar-refractivity contribution in [2.45, 2.75) is 25.7 Å². The Labute approximate surface area is 148 Å². The zero-order valence-corrected chi connectivity index (χ0v) is 14.4. The first kappa shape index (κ1) is 16.9. The molecule has 1 N–H and O–H groups in total. The second-order valence-electron chi connectivity index (χ2n) is 5.85. The van der Waals surface area contributed by atoms with Gasteiger partial charge in [0.05, 0.1) is 5.69 Å². The Balaban J connectivity index is 1.70. The van der Waals surface area contributed by atoms with Crippen LogP contribution in [0.25, 0.3) is 11.3 Å². The normalized spacial score (nSPS) is 20.5. The monoisotopic (exact) mass is 363 g/mol. The average molecular weight is 364 g/mol. The number of rotatable bonds is 4. The lowest BCUT2D eigenvalue weighted by atomic mass is 9.79. The van der Waals surface area contributed by atoms with E-state index in [0.29, 0.717) is 23.0 Å². The summed E-state index contributed by atoms with van der Waals surface area (Å²) in [5.74, 6) is -2.70. The molecule has 0 spiro atoms. The van der Waals surface area contributed by atoms with Gasteiger partial charge in [-0.25, -0.2) is 4.98 Å². The summed E-state index contributed by atoms with van der Waals surface area (Å²) in [4.78, 5) is 28.0. The molecule has 1 fully saturated rings. The highest BCUT2D eigenvalue weighted by molar-refractivity contribution is 7.14. The van der Waals surface area contributed by atoms with E-state index in [1.165, 1.54) is 11.3 Å². The van der Waals surface area contributed by atoms with Crippen LogP contribution in [0.15, 0.2) is 29.6 Å². The van der Waals surface area contributed by atoms with Gasteiger partial charge in [0.25, 0.3) is 0 Å². The topological polar surface area (TPSA) is 82.1 Å². The van der Waals surface area contributed by atoms with E-state index in [0.717, 1.165) is 24.1 Å². The van der Waals surface area contributed by atoms with E-state index < -0.39 is 17.8 Å². The molecule has 1 aliphatic rings. The van der Waals surface area contributed by atoms with Crippen LogP contribution in [0.3, 0.4) is 0 Å². The first-order valence-corrected chi connectivity index (χ1v) is 9.03. The van der Waals surface area contributed by atoms with Crippen LogP contribution in [0.1, 0.15) is 25.7 Å². The largest absolute Gasteiger partial charge is 0.550 e. The molecule has 1 aromatic heterocycles. The summed E-state index contributed by atoms with van der Waals surface area (Å²) in [6.07, 6.45) is 2.74. The van der Waals surface area contributed by atoms with Gasteiger partial charge in [0.2, 0.25) is 5.91 Å². The number of aromatic nitrogens is 1. The lowest BCUT2D eigenvalue weighted by Crippen LogP contribution is -2.42. The second kappa shape index (κ2) is 7.32. The van der Waals surface area contributed by atoms with Crippen LogP contribution in [-0.2, 0) is 9.59 Å². The van der Waals surface area contributed by atoms with Crippen LogP contribution < -0.4 is 10.4 Å². The second-order valence-corrected chi connectivity index (χ2v) is 7.15. The summed E-state index contributed by atoms with van der Waals surface area (Å²) in [7, 11) is 0. The Morgan fingerprint density at radius 1 is 1.17 bits per heavy atom. The first-order valence-electron chi connectivity index (χ1n) is 7.78. The lowest BCUT2D eigenvalue weighted by Gasteiger charge is -2.30. The maximum absolute atomic E-state index is 12.4. The maximum atomic E-state index is 12.4. The molecule has 2 aromatic rings. The highest BCUT2D eigenvalue weighted by Crippen LogP contribution is 2.32. The van der Waals surface area contributed by atoms with E-state index in [1.807, 2.05) is 17.5 Å². The number of carboxylic acid groups (broad SMARTS) is 1. The molecular weight excluding hydrogens is 348 g/mol. The van der Waals surface area contributed by atoms with Gasteiger partial charge in [0.1, 0.15) is 0 Å². The van der Waals surface area contributed by atoms with E-state index in [4.69, 9.17) is 11.6 Å². The third-order valence-electron chi connectivity index (χ3n) is 4.28. The van der Waals surface area contributed by atoms with E-state index in [-0.39, 0.29) is 5.91 Å². The molecule has 1 heterocycles. The number of hydrogen-bond acceptors (Lipinski definition) is 5. The molecule has 3 rings (SSSR count). The van der Waals surface area contributed by atoms with Crippen LogP contribution in [0, 0.1) is 11.8 Å². The minimum atomic E-state index is -1.14. The molecule has 24 heavy (non-hydrogen) atoms. The van der Waals surface area contributed by atoms with E-state index in [2.05, 4.69) is 10.3 Å². The van der Waals surface area contributed by atoms with Crippen molar-refractivity contribution in [3.63, 3.8) is 0 Å². The van der Waals surface area contributed by atoms with Crippen molar-refractivity contribution in [2.75, 3.05) is 5.32 Å². The Bertz CT molecular complexity index is 745. The van der Waals surface area contributed by atoms with Gasteiger partial charge in [-0.15, -0.1) is 11.3 Å². The quantitative estimate of drug-likeness (QED) is 0.905. The Morgan fingerprint density at radius 3 is 2.50 bits per heavy atom. The number of aliphatic carboxylic acids is 1. The fourth-order valence-corrected chi connectivity index (χ4v) is 3.86. The summed E-state index contributed by atoms with van der Waals surface area (Å²) in [5, 5.41) is 16.9. The molecule has 126 valence electrons. The number of benzene rings is 1. The Morgan fingerprint density at radius 2 is 1.83 bits per heavy atom. The molecule has 1 amide bonds. The number of anilines is 1. The van der Waals surface area contributed by atoms with Gasteiger partial charge in [-0.1, -0.05) is 36.6 Å². The number of carbonyl (C=O) groups is 2. The SMILES string of the molecule is O=C([O-])C1CCCCC1C(=O)Nc1nc(-c2ccc(Cl)cc2)cs1. The van der Waals surface area contributed by atoms with Crippen molar-refractivity contribution in [3.05, 3.63) is 34.7 Å². The van der Waals surface area contributed by atoms with Crippen LogP contribution in [-0.4, -0.2) is 16.9 Å². The molecule has 0 radical (unpaired) electrons. The lowest BCUT2D eigenvalue weighted by molar-refractivity contribution is -0.313. The summed E-state index contributed by atoms with van der Waals surface area (Å²) in [6.45, 7) is 0. The predicted octanol–water partition coefficient (Wildman–Crippen LogP) is 2.96. The maximum Gasteiger partial charge on any atom is 0.229 e. The van der Waals surface area contributed by atoms with Gasteiger partial charge in [-0.3, -0.25) is 4.79 Å². The van der Waals surface area contributed by atoms with E-state index >= 15 is 0 Å². The molecule has 0 aliphatic heterocycles. The molecule has 2 unspecified atom stereocenters. The highest BCUT2D eigenvalue weighted by atomic mass is 35.5. The van der Waals surface area contributed by atoms with E-state index in [9.17, 15) is 14.7 Å². The summed E-state index contributed by atoms with van der Waals surface area (Å²) in [5.41, 5.74) is 1.65. The molecule has 0 saturated heterocycles. The van der Waals surface area contributed by atoms with Crippen molar-refractivity contribution in [1.29, 1.82) is 0 Å². The fourth-order valence-electron chi connectivity index (χ4n) is 3.01. The minimum Gasteiger partial charge on any atom is -0.550 e. The van der Waals surface area contributed by atoms with Crippen molar-refractivity contribution in [3.8, 4) is 11.3 Å². The van der Waals surface area contributed by atoms with E-state index in [1.54, 1.807) is 12.1 Å². The number of halogens is 1. The van der Waals surface area contributed by atoms with Crippen molar-refractivity contribution in [2.24, 2.45) is 11.8 Å². The third-order valence-corrected chi connectivity index (χ3v) is 5.29. The predicted molar refractivity (Wildman–Crippen MR) is 91.6 cm³/mol. The summed E-state index contributed by atoms with van der Waals surface area (Å²) < 4.78 is 0. The Kier molecular flexibility index (Phi) is 5.16. The zero-order chi connectivity index (χ0) is 17.1. The van der Waals surface area contributed by atoms with Gasteiger partial charge in [0, 0.05) is 33.8 Å². The van der Waals surface area contributed by atoms with Crippen LogP contribution in [0.4, 0.5) is 5.13 Å². The van der Waals surface area contributed by atoms with Gasteiger partial charge >= 0.3 is 0 Å². The fraction of sp³-hybridized carbons (Fsp3) is 0.353. The third kappa shape index (κ3) is 3.76. The number of amides is 1. The standard InChI is InChI=1S/C17H17ClN2O3S/c18-11-7-5-10(6-8-11)14-9-24-17(19-14)20-15(21)12-3-1-2-4-13(12)16(22)23/h5-9,12-13H,1-4H2,(H,22,23)(H,19,20,21)/p-1. The molecule has 7 heteroatoms. The van der Waals surface area contributed by atoms with Crippen LogP contribution in [0.5, 0.6) is 0 Å². The molecular formula is C17H16ClN2O3S-. The highest BCUT2D eigenvalue weighted by Gasteiger charge is 2.32. The van der Waals surface area contributed by atoms with Crippen LogP contribution in [0.2, 0.25) is 5.02 Å². The molecule has 5 nitrogen and oxygen atoms in total. The van der Waals surface area contributed by atoms with Crippen molar-refractivity contribution in [1.82, 2.24) is 4.98 Å². The number of nitrogens with zero attached hydrogens (tertiary/aromatic N) is 1. The molecule has 0 bridgehead atoms. The molecule has 1 saturated carbocycles. The number of carbonyl (C=O) groups excluding carboxylic acids is 2. The van der Waals surface area contributed by atoms with Crippen molar-refractivity contribution >= 4 is 39.9 Å². The smallest absolute Gasteiger partial charge is 0.229 e.